The molecule has 2 N–H and O–H groups in total. The molecule has 0 saturated heterocycles. The quantitative estimate of drug-likeness (QED) is 0.578. The van der Waals surface area contributed by atoms with Gasteiger partial charge in [0.15, 0.2) is 0 Å². The third kappa shape index (κ3) is 3.47. The van der Waals surface area contributed by atoms with Crippen molar-refractivity contribution < 1.29 is 75.8 Å². The van der Waals surface area contributed by atoms with E-state index in [0.717, 1.165) is 0 Å². The van der Waals surface area contributed by atoms with Gasteiger partial charge < -0.3 is 0 Å². The molecule has 0 unspecified atom stereocenters. The van der Waals surface area contributed by atoms with Gasteiger partial charge >= 0.3 is 0 Å². The third-order valence-electron chi connectivity index (χ3n) is 2.66. The molecular formula is C11H10FrO6S2. The van der Waals surface area contributed by atoms with Crippen LogP contribution in [0.3, 0.4) is 0 Å². The fourth-order valence-electron chi connectivity index (χ4n) is 2.01. The maximum Gasteiger partial charge on any atom is 0.296 e. The van der Waals surface area contributed by atoms with Crippen molar-refractivity contribution in [1.82, 2.24) is 0 Å². The van der Waals surface area contributed by atoms with E-state index in [0.29, 0.717) is 5.39 Å². The molecule has 0 aromatic heterocycles. The molecule has 2 aromatic rings. The Bertz CT molecular complexity index is 871. The summed E-state index contributed by atoms with van der Waals surface area (Å²) in [6.07, 6.45) is 0. The predicted octanol–water partition coefficient (Wildman–Crippen LogP) is 1.64. The molecule has 2 aromatic carbocycles. The van der Waals surface area contributed by atoms with E-state index in [1.165, 1.54) is 25.1 Å². The van der Waals surface area contributed by atoms with Gasteiger partial charge in [0, 0.05) is 55.3 Å². The SMILES string of the molecule is Cc1cc2ccccc2c(S(=O)(=O)O)c1S(=O)(=O)O.[Fr]. The fourth-order valence-corrected chi connectivity index (χ4v) is 4.31. The average molecular weight is 525 g/mol. The summed E-state index contributed by atoms with van der Waals surface area (Å²) in [6, 6.07) is 7.49. The minimum Gasteiger partial charge on any atom is -0.282 e. The van der Waals surface area contributed by atoms with Crippen molar-refractivity contribution in [3.63, 3.8) is 0 Å². The van der Waals surface area contributed by atoms with Gasteiger partial charge in [0.05, 0.1) is 0 Å². The third-order valence-corrected chi connectivity index (χ3v) is 4.77. The van der Waals surface area contributed by atoms with Crippen molar-refractivity contribution in [2.24, 2.45) is 0 Å². The van der Waals surface area contributed by atoms with E-state index in [1.807, 2.05) is 0 Å². The molecule has 0 atom stereocenters. The zero-order valence-corrected chi connectivity index (χ0v) is 20.6. The molecule has 0 fully saturated rings. The largest absolute Gasteiger partial charge is 0.296 e. The molecule has 0 heterocycles. The van der Waals surface area contributed by atoms with Crippen LogP contribution in [0.1, 0.15) is 5.56 Å². The van der Waals surface area contributed by atoms with Crippen LogP contribution in [0.15, 0.2) is 40.1 Å². The summed E-state index contributed by atoms with van der Waals surface area (Å²) in [5.41, 5.74) is 0.0359. The first-order valence-corrected chi connectivity index (χ1v) is 7.97. The first kappa shape index (κ1) is 18.2. The Labute approximate surface area is 157 Å². The second-order valence-electron chi connectivity index (χ2n) is 4.02. The molecule has 9 heteroatoms. The summed E-state index contributed by atoms with van der Waals surface area (Å²) in [6.45, 7) is 1.34. The topological polar surface area (TPSA) is 109 Å². The van der Waals surface area contributed by atoms with Crippen molar-refractivity contribution >= 4 is 31.0 Å². The Kier molecular flexibility index (Phi) is 5.53. The monoisotopic (exact) mass is 525 g/mol. The first-order valence-electron chi connectivity index (χ1n) is 5.09. The van der Waals surface area contributed by atoms with E-state index < -0.39 is 30.0 Å². The molecule has 0 amide bonds. The maximum absolute atomic E-state index is 11.4. The number of aryl methyl sites for hydroxylation is 1. The van der Waals surface area contributed by atoms with Crippen LogP contribution < -0.4 is 0 Å². The van der Waals surface area contributed by atoms with Crippen LogP contribution in [0.2, 0.25) is 0 Å². The Balaban J connectivity index is 0.00000200. The van der Waals surface area contributed by atoms with Crippen molar-refractivity contribution in [3.05, 3.63) is 35.9 Å². The zero-order chi connectivity index (χ0) is 14.4. The van der Waals surface area contributed by atoms with Gasteiger partial charge in [-0.3, -0.25) is 9.11 Å². The molecule has 0 aliphatic rings. The number of fused-ring (bicyclic) bond motifs is 1. The number of benzene rings is 2. The maximum atomic E-state index is 11.4. The van der Waals surface area contributed by atoms with E-state index >= 15 is 0 Å². The second-order valence-corrected chi connectivity index (χ2v) is 6.74. The molecule has 0 aliphatic carbocycles. The summed E-state index contributed by atoms with van der Waals surface area (Å²) in [7, 11) is -9.58. The minimum atomic E-state index is -4.80. The van der Waals surface area contributed by atoms with Gasteiger partial charge in [0.2, 0.25) is 0 Å². The molecule has 0 spiro atoms. The summed E-state index contributed by atoms with van der Waals surface area (Å²) in [4.78, 5) is -1.60. The van der Waals surface area contributed by atoms with E-state index in [1.54, 1.807) is 12.1 Å². The first-order chi connectivity index (χ1) is 8.62. The van der Waals surface area contributed by atoms with E-state index in [4.69, 9.17) is 0 Å². The summed E-state index contributed by atoms with van der Waals surface area (Å²) >= 11 is 0. The van der Waals surface area contributed by atoms with Crippen LogP contribution in [0.4, 0.5) is 0 Å². The Morgan fingerprint density at radius 3 is 1.90 bits per heavy atom. The number of hydrogen-bond acceptors (Lipinski definition) is 4. The predicted molar refractivity (Wildman–Crippen MR) is 68.3 cm³/mol. The standard InChI is InChI=1S/C11H10O6S2.Fr/c1-7-6-8-4-2-3-5-9(8)11(19(15,16)17)10(7)18(12,13)14;/h2-6H,1H3,(H,12,13,14)(H,15,16,17);. The number of rotatable bonds is 2. The smallest absolute Gasteiger partial charge is 0.282 e. The summed E-state index contributed by atoms with van der Waals surface area (Å²) in [5.74, 6) is 0. The van der Waals surface area contributed by atoms with E-state index in [9.17, 15) is 25.9 Å². The molecular weight excluding hydrogens is 515 g/mol. The van der Waals surface area contributed by atoms with Crippen LogP contribution in [0, 0.1) is 56.8 Å². The summed E-state index contributed by atoms with van der Waals surface area (Å²) < 4.78 is 64.0. The van der Waals surface area contributed by atoms with Crippen LogP contribution in [-0.2, 0) is 20.2 Å². The Hall–Kier alpha value is 0.117. The Morgan fingerprint density at radius 2 is 1.40 bits per heavy atom. The number of hydrogen-bond donors (Lipinski definition) is 2. The van der Waals surface area contributed by atoms with Gasteiger partial charge in [-0.25, -0.2) is 0 Å². The van der Waals surface area contributed by atoms with Crippen molar-refractivity contribution in [2.75, 3.05) is 0 Å². The van der Waals surface area contributed by atoms with Gasteiger partial charge in [-0.1, -0.05) is 24.3 Å². The molecule has 6 nitrogen and oxygen atoms in total. The normalized spacial score (nSPS) is 12.2. The molecule has 103 valence electrons. The van der Waals surface area contributed by atoms with Gasteiger partial charge in [-0.2, -0.15) is 16.8 Å². The Morgan fingerprint density at radius 1 is 0.900 bits per heavy atom. The van der Waals surface area contributed by atoms with Gasteiger partial charge in [0.25, 0.3) is 20.2 Å². The van der Waals surface area contributed by atoms with Gasteiger partial charge in [-0.05, 0) is 23.9 Å². The molecule has 1 radical (unpaired) electrons. The van der Waals surface area contributed by atoms with Crippen LogP contribution >= 0.6 is 0 Å². The molecule has 0 saturated carbocycles. The van der Waals surface area contributed by atoms with E-state index in [-0.39, 0.29) is 60.8 Å². The second kappa shape index (κ2) is 6.08. The molecule has 0 bridgehead atoms. The average Bonchev–Trinajstić information content (AvgIpc) is 2.24. The van der Waals surface area contributed by atoms with Crippen molar-refractivity contribution in [1.29, 1.82) is 0 Å². The molecule has 20 heavy (non-hydrogen) atoms. The van der Waals surface area contributed by atoms with Crippen molar-refractivity contribution in [3.8, 4) is 0 Å². The van der Waals surface area contributed by atoms with Crippen molar-refractivity contribution in [2.45, 2.75) is 16.7 Å². The molecule has 0 aliphatic heterocycles. The molecule has 2 rings (SSSR count). The summed E-state index contributed by atoms with van der Waals surface area (Å²) in [5, 5.41) is 0.475. The fraction of sp³-hybridized carbons (Fsp3) is 0.0909. The van der Waals surface area contributed by atoms with E-state index in [2.05, 4.69) is 0 Å². The van der Waals surface area contributed by atoms with Crippen LogP contribution in [-0.4, -0.2) is 25.9 Å². The van der Waals surface area contributed by atoms with Gasteiger partial charge in [-0.15, -0.1) is 0 Å². The van der Waals surface area contributed by atoms with Gasteiger partial charge in [0.1, 0.15) is 9.79 Å². The zero-order valence-electron chi connectivity index (χ0n) is 10.7. The minimum absolute atomic E-state index is 0. The van der Waals surface area contributed by atoms with Crippen LogP contribution in [0.25, 0.3) is 10.8 Å². The van der Waals surface area contributed by atoms with Crippen LogP contribution in [0.5, 0.6) is 0 Å².